The van der Waals surface area contributed by atoms with Gasteiger partial charge in [0.15, 0.2) is 0 Å². The predicted molar refractivity (Wildman–Crippen MR) is 131 cm³/mol. The number of carbonyl (C=O) groups excluding carboxylic acids is 1. The molecule has 1 saturated heterocycles. The predicted octanol–water partition coefficient (Wildman–Crippen LogP) is 6.02. The summed E-state index contributed by atoms with van der Waals surface area (Å²) in [5, 5.41) is 7.40. The Kier molecular flexibility index (Phi) is 6.68. The Morgan fingerprint density at radius 2 is 1.94 bits per heavy atom. The molecular weight excluding hydrogens is 436 g/mol. The minimum Gasteiger partial charge on any atom is -0.356 e. The van der Waals surface area contributed by atoms with E-state index in [-0.39, 0.29) is 31.3 Å². The van der Waals surface area contributed by atoms with Crippen molar-refractivity contribution in [2.45, 2.75) is 58.9 Å². The summed E-state index contributed by atoms with van der Waals surface area (Å²) in [6, 6.07) is 7.76. The molecule has 4 rings (SSSR count). The highest BCUT2D eigenvalue weighted by molar-refractivity contribution is 6.09. The smallest absolute Gasteiger partial charge is 0.259 e. The molecule has 0 atom stereocenters. The number of hydrogen-bond acceptors (Lipinski definition) is 4. The van der Waals surface area contributed by atoms with Crippen LogP contribution in [0.2, 0.25) is 0 Å². The number of amides is 1. The molecule has 8 heteroatoms. The fourth-order valence-electron chi connectivity index (χ4n) is 4.34. The average molecular weight is 468 g/mol. The first-order chi connectivity index (χ1) is 16.1. The van der Waals surface area contributed by atoms with Crippen molar-refractivity contribution >= 4 is 17.4 Å². The highest BCUT2D eigenvalue weighted by Gasteiger charge is 2.33. The Morgan fingerprint density at radius 3 is 2.65 bits per heavy atom. The van der Waals surface area contributed by atoms with Crippen LogP contribution in [-0.4, -0.2) is 39.7 Å². The summed E-state index contributed by atoms with van der Waals surface area (Å²) in [7, 11) is 0. The summed E-state index contributed by atoms with van der Waals surface area (Å²) in [6.07, 6.45) is 5.35. The highest BCUT2D eigenvalue weighted by Crippen LogP contribution is 2.34. The van der Waals surface area contributed by atoms with E-state index in [0.717, 1.165) is 22.3 Å². The maximum absolute atomic E-state index is 14.0. The van der Waals surface area contributed by atoms with Crippen molar-refractivity contribution in [3.05, 3.63) is 59.5 Å². The molecule has 0 radical (unpaired) electrons. The number of nitrogens with zero attached hydrogens (tertiary/aromatic N) is 4. The summed E-state index contributed by atoms with van der Waals surface area (Å²) in [5.41, 5.74) is 4.51. The number of hydrogen-bond donors (Lipinski definition) is 1. The van der Waals surface area contributed by atoms with Gasteiger partial charge in [0.25, 0.3) is 5.91 Å². The van der Waals surface area contributed by atoms with Gasteiger partial charge in [-0.3, -0.25) is 9.48 Å². The molecular formula is C26H31F2N5O. The molecule has 0 bridgehead atoms. The van der Waals surface area contributed by atoms with E-state index in [0.29, 0.717) is 30.0 Å². The zero-order chi connectivity index (χ0) is 24.5. The van der Waals surface area contributed by atoms with Crippen LogP contribution < -0.4 is 10.2 Å². The SMILES string of the molecule is Cc1cccc(NC(=O)c2c(N3CCCC(F)(F)CC3)ncc(-c3cnn(C(C)C)c3)c2C)c1. The lowest BCUT2D eigenvalue weighted by molar-refractivity contribution is -0.0102. The maximum atomic E-state index is 14.0. The Morgan fingerprint density at radius 1 is 1.15 bits per heavy atom. The maximum Gasteiger partial charge on any atom is 0.259 e. The zero-order valence-corrected chi connectivity index (χ0v) is 20.1. The monoisotopic (exact) mass is 467 g/mol. The highest BCUT2D eigenvalue weighted by atomic mass is 19.3. The van der Waals surface area contributed by atoms with Crippen LogP contribution in [0, 0.1) is 13.8 Å². The van der Waals surface area contributed by atoms with Crippen LogP contribution in [0.15, 0.2) is 42.9 Å². The number of rotatable bonds is 5. The molecule has 0 unspecified atom stereocenters. The van der Waals surface area contributed by atoms with Crippen molar-refractivity contribution in [3.63, 3.8) is 0 Å². The molecule has 1 aliphatic heterocycles. The van der Waals surface area contributed by atoms with Crippen molar-refractivity contribution in [2.24, 2.45) is 0 Å². The summed E-state index contributed by atoms with van der Waals surface area (Å²) in [6.45, 7) is 8.50. The lowest BCUT2D eigenvalue weighted by Crippen LogP contribution is -2.30. The average Bonchev–Trinajstić information content (AvgIpc) is 3.19. The minimum atomic E-state index is -2.70. The molecule has 1 fully saturated rings. The van der Waals surface area contributed by atoms with Crippen LogP contribution in [-0.2, 0) is 0 Å². The summed E-state index contributed by atoms with van der Waals surface area (Å²) in [4.78, 5) is 20.0. The van der Waals surface area contributed by atoms with E-state index in [1.807, 2.05) is 67.7 Å². The summed E-state index contributed by atoms with van der Waals surface area (Å²) >= 11 is 0. The number of halogens is 2. The van der Waals surface area contributed by atoms with Gasteiger partial charge in [-0.25, -0.2) is 13.8 Å². The van der Waals surface area contributed by atoms with Gasteiger partial charge in [0, 0.05) is 61.2 Å². The molecule has 1 aromatic carbocycles. The normalized spacial score (nSPS) is 15.9. The number of nitrogens with one attached hydrogen (secondary N) is 1. The Balaban J connectivity index is 1.77. The number of anilines is 2. The van der Waals surface area contributed by atoms with E-state index in [1.54, 1.807) is 12.4 Å². The second kappa shape index (κ2) is 9.52. The van der Waals surface area contributed by atoms with Crippen LogP contribution in [0.25, 0.3) is 11.1 Å². The molecule has 1 aliphatic rings. The Labute approximate surface area is 199 Å². The van der Waals surface area contributed by atoms with Gasteiger partial charge in [0.05, 0.1) is 11.8 Å². The van der Waals surface area contributed by atoms with E-state index in [4.69, 9.17) is 0 Å². The van der Waals surface area contributed by atoms with E-state index in [1.165, 1.54) is 0 Å². The second-order valence-electron chi connectivity index (χ2n) is 9.32. The first-order valence-corrected chi connectivity index (χ1v) is 11.7. The molecule has 180 valence electrons. The topological polar surface area (TPSA) is 63.1 Å². The molecule has 2 aromatic heterocycles. The van der Waals surface area contributed by atoms with Gasteiger partial charge in [-0.15, -0.1) is 0 Å². The fourth-order valence-corrected chi connectivity index (χ4v) is 4.34. The van der Waals surface area contributed by atoms with Gasteiger partial charge in [0.2, 0.25) is 5.92 Å². The fraction of sp³-hybridized carbons (Fsp3) is 0.423. The zero-order valence-electron chi connectivity index (χ0n) is 20.1. The Bertz CT molecular complexity index is 1190. The lowest BCUT2D eigenvalue weighted by atomic mass is 9.99. The van der Waals surface area contributed by atoms with Crippen LogP contribution in [0.5, 0.6) is 0 Å². The van der Waals surface area contributed by atoms with Crippen molar-refractivity contribution in [1.29, 1.82) is 0 Å². The first-order valence-electron chi connectivity index (χ1n) is 11.7. The number of benzene rings is 1. The minimum absolute atomic E-state index is 0.148. The molecule has 3 aromatic rings. The van der Waals surface area contributed by atoms with E-state index in [9.17, 15) is 13.6 Å². The molecule has 6 nitrogen and oxygen atoms in total. The molecule has 1 amide bonds. The van der Waals surface area contributed by atoms with Crippen LogP contribution in [0.3, 0.4) is 0 Å². The van der Waals surface area contributed by atoms with Gasteiger partial charge in [0.1, 0.15) is 5.82 Å². The first kappa shape index (κ1) is 23.9. The molecule has 0 saturated carbocycles. The van der Waals surface area contributed by atoms with Crippen molar-refractivity contribution in [2.75, 3.05) is 23.3 Å². The molecule has 0 aliphatic carbocycles. The van der Waals surface area contributed by atoms with Crippen molar-refractivity contribution < 1.29 is 13.6 Å². The van der Waals surface area contributed by atoms with Gasteiger partial charge < -0.3 is 10.2 Å². The third kappa shape index (κ3) is 5.11. The largest absolute Gasteiger partial charge is 0.356 e. The quantitative estimate of drug-likeness (QED) is 0.498. The summed E-state index contributed by atoms with van der Waals surface area (Å²) in [5.74, 6) is -2.56. The second-order valence-corrected chi connectivity index (χ2v) is 9.32. The van der Waals surface area contributed by atoms with Gasteiger partial charge in [-0.05, 0) is 57.4 Å². The van der Waals surface area contributed by atoms with E-state index < -0.39 is 5.92 Å². The molecule has 0 spiro atoms. The number of aryl methyl sites for hydroxylation is 1. The number of alkyl halides is 2. The van der Waals surface area contributed by atoms with E-state index in [2.05, 4.69) is 15.4 Å². The molecule has 1 N–H and O–H groups in total. The number of pyridine rings is 1. The Hall–Kier alpha value is -3.29. The number of carbonyl (C=O) groups is 1. The number of aromatic nitrogens is 3. The van der Waals surface area contributed by atoms with Gasteiger partial charge in [-0.1, -0.05) is 12.1 Å². The van der Waals surface area contributed by atoms with Crippen LogP contribution in [0.4, 0.5) is 20.3 Å². The standard InChI is InChI=1S/C26H31F2N5O/c1-17(2)33-16-20(14-30-33)22-15-29-24(32-11-6-9-26(27,28)10-12-32)23(19(22)4)25(34)31-21-8-5-7-18(3)13-21/h5,7-8,13-17H,6,9-12H2,1-4H3,(H,31,34). The molecule has 3 heterocycles. The van der Waals surface area contributed by atoms with Crippen molar-refractivity contribution in [1.82, 2.24) is 14.8 Å². The molecule has 34 heavy (non-hydrogen) atoms. The third-order valence-corrected chi connectivity index (χ3v) is 6.28. The van der Waals surface area contributed by atoms with Gasteiger partial charge in [-0.2, -0.15) is 5.10 Å². The third-order valence-electron chi connectivity index (χ3n) is 6.28. The van der Waals surface area contributed by atoms with E-state index >= 15 is 0 Å². The summed E-state index contributed by atoms with van der Waals surface area (Å²) < 4.78 is 29.9. The lowest BCUT2D eigenvalue weighted by Gasteiger charge is -2.26. The van der Waals surface area contributed by atoms with Crippen LogP contribution in [0.1, 0.15) is 60.6 Å². The van der Waals surface area contributed by atoms with Crippen molar-refractivity contribution in [3.8, 4) is 11.1 Å². The van der Waals surface area contributed by atoms with Gasteiger partial charge >= 0.3 is 0 Å². The van der Waals surface area contributed by atoms with Crippen LogP contribution >= 0.6 is 0 Å².